The van der Waals surface area contributed by atoms with Gasteiger partial charge < -0.3 is 14.3 Å². The first-order chi connectivity index (χ1) is 11.2. The Labute approximate surface area is 130 Å². The molecule has 0 aromatic carbocycles. The molecule has 8 nitrogen and oxygen atoms in total. The maximum atomic E-state index is 12.3. The van der Waals surface area contributed by atoms with Crippen molar-refractivity contribution >= 4 is 17.1 Å². The first-order valence-corrected chi connectivity index (χ1v) is 7.47. The number of likely N-dealkylation sites (tertiary alicyclic amines) is 1. The second-order valence-electron chi connectivity index (χ2n) is 5.56. The van der Waals surface area contributed by atoms with Crippen LogP contribution in [0, 0.1) is 0 Å². The number of carbonyl (C=O) groups excluding carboxylic acids is 1. The highest BCUT2D eigenvalue weighted by atomic mass is 16.3. The van der Waals surface area contributed by atoms with Gasteiger partial charge in [0.25, 0.3) is 5.91 Å². The molecule has 0 unspecified atom stereocenters. The van der Waals surface area contributed by atoms with Crippen LogP contribution in [-0.2, 0) is 0 Å². The zero-order chi connectivity index (χ0) is 15.8. The maximum Gasteiger partial charge on any atom is 0.327 e. The number of nitrogens with zero attached hydrogens (tertiary/aromatic N) is 4. The number of fused-ring (bicyclic) bond motifs is 1. The van der Waals surface area contributed by atoms with Gasteiger partial charge in [-0.1, -0.05) is 0 Å². The van der Waals surface area contributed by atoms with Crippen molar-refractivity contribution in [2.24, 2.45) is 0 Å². The van der Waals surface area contributed by atoms with Crippen LogP contribution in [0.5, 0.6) is 0 Å². The molecule has 3 aromatic rings. The molecule has 1 N–H and O–H groups in total. The Hall–Kier alpha value is -2.90. The third-order valence-corrected chi connectivity index (χ3v) is 4.23. The zero-order valence-corrected chi connectivity index (χ0v) is 12.3. The number of piperidine rings is 1. The van der Waals surface area contributed by atoms with Crippen molar-refractivity contribution in [3.8, 4) is 0 Å². The van der Waals surface area contributed by atoms with E-state index in [-0.39, 0.29) is 17.6 Å². The van der Waals surface area contributed by atoms with Gasteiger partial charge in [-0.05, 0) is 25.0 Å². The van der Waals surface area contributed by atoms with E-state index in [1.807, 2.05) is 0 Å². The molecule has 118 valence electrons. The first kappa shape index (κ1) is 13.7. The van der Waals surface area contributed by atoms with Crippen molar-refractivity contribution in [1.29, 1.82) is 0 Å². The van der Waals surface area contributed by atoms with Crippen LogP contribution in [0.25, 0.3) is 11.2 Å². The molecular weight excluding hydrogens is 298 g/mol. The molecule has 1 amide bonds. The lowest BCUT2D eigenvalue weighted by molar-refractivity contribution is 0.0663. The molecule has 1 fully saturated rings. The normalized spacial score (nSPS) is 16.1. The number of imidazole rings is 1. The van der Waals surface area contributed by atoms with Crippen LogP contribution < -0.4 is 5.69 Å². The second kappa shape index (κ2) is 5.38. The van der Waals surface area contributed by atoms with Crippen LogP contribution in [0.1, 0.15) is 29.4 Å². The Kier molecular flexibility index (Phi) is 3.22. The third-order valence-electron chi connectivity index (χ3n) is 4.23. The number of aromatic nitrogens is 4. The lowest BCUT2D eigenvalue weighted by atomic mass is 10.0. The van der Waals surface area contributed by atoms with E-state index in [9.17, 15) is 9.59 Å². The van der Waals surface area contributed by atoms with Crippen molar-refractivity contribution < 1.29 is 9.21 Å². The van der Waals surface area contributed by atoms with E-state index in [4.69, 9.17) is 4.42 Å². The summed E-state index contributed by atoms with van der Waals surface area (Å²) < 4.78 is 6.83. The average molecular weight is 313 g/mol. The number of furan rings is 1. The van der Waals surface area contributed by atoms with E-state index >= 15 is 0 Å². The molecule has 0 atom stereocenters. The van der Waals surface area contributed by atoms with Gasteiger partial charge in [0.05, 0.1) is 12.5 Å². The standard InChI is InChI=1S/C15H15N5O3/c21-14(12-2-1-7-23-12)19-5-3-10(4-6-19)20-13-11(18-15(20)22)8-16-9-17-13/h1-2,7-10H,3-6H2,(H,18,22). The molecule has 1 saturated heterocycles. The summed E-state index contributed by atoms with van der Waals surface area (Å²) >= 11 is 0. The van der Waals surface area contributed by atoms with Crippen LogP contribution in [0.15, 0.2) is 40.1 Å². The summed E-state index contributed by atoms with van der Waals surface area (Å²) in [5, 5.41) is 0. The highest BCUT2D eigenvalue weighted by molar-refractivity contribution is 5.91. The van der Waals surface area contributed by atoms with Gasteiger partial charge in [-0.25, -0.2) is 14.8 Å². The largest absolute Gasteiger partial charge is 0.459 e. The molecular formula is C15H15N5O3. The van der Waals surface area contributed by atoms with Crippen molar-refractivity contribution in [3.05, 3.63) is 47.2 Å². The number of aromatic amines is 1. The summed E-state index contributed by atoms with van der Waals surface area (Å²) in [5.41, 5.74) is 1.06. The topological polar surface area (TPSA) is 97.0 Å². The van der Waals surface area contributed by atoms with Gasteiger partial charge in [0, 0.05) is 19.1 Å². The predicted molar refractivity (Wildman–Crippen MR) is 81.0 cm³/mol. The molecule has 1 aliphatic heterocycles. The van der Waals surface area contributed by atoms with Crippen LogP contribution in [-0.4, -0.2) is 43.4 Å². The number of hydrogen-bond donors (Lipinski definition) is 1. The highest BCUT2D eigenvalue weighted by Gasteiger charge is 2.27. The minimum absolute atomic E-state index is 0.0202. The fraction of sp³-hybridized carbons (Fsp3) is 0.333. The van der Waals surface area contributed by atoms with E-state index < -0.39 is 0 Å². The molecule has 0 spiro atoms. The maximum absolute atomic E-state index is 12.3. The summed E-state index contributed by atoms with van der Waals surface area (Å²) in [4.78, 5) is 37.1. The summed E-state index contributed by atoms with van der Waals surface area (Å²) in [6, 6.07) is 3.38. The molecule has 8 heteroatoms. The molecule has 0 saturated carbocycles. The molecule has 0 radical (unpaired) electrons. The average Bonchev–Trinajstić information content (AvgIpc) is 3.21. The third kappa shape index (κ3) is 2.32. The van der Waals surface area contributed by atoms with Crippen molar-refractivity contribution in [3.63, 3.8) is 0 Å². The Morgan fingerprint density at radius 2 is 2.17 bits per heavy atom. The van der Waals surface area contributed by atoms with Crippen molar-refractivity contribution in [2.45, 2.75) is 18.9 Å². The van der Waals surface area contributed by atoms with E-state index in [1.165, 1.54) is 12.6 Å². The SMILES string of the molecule is O=C(c1ccco1)N1CCC(n2c(=O)[nH]c3cncnc32)CC1. The number of amides is 1. The number of H-pyrrole nitrogens is 1. The summed E-state index contributed by atoms with van der Waals surface area (Å²) in [6.45, 7) is 1.16. The molecule has 23 heavy (non-hydrogen) atoms. The van der Waals surface area contributed by atoms with Gasteiger partial charge in [-0.3, -0.25) is 9.36 Å². The number of hydrogen-bond acceptors (Lipinski definition) is 5. The van der Waals surface area contributed by atoms with Crippen molar-refractivity contribution in [2.75, 3.05) is 13.1 Å². The Balaban J connectivity index is 1.54. The number of carbonyl (C=O) groups is 1. The van der Waals surface area contributed by atoms with E-state index in [0.29, 0.717) is 42.9 Å². The first-order valence-electron chi connectivity index (χ1n) is 7.47. The van der Waals surface area contributed by atoms with Gasteiger partial charge in [0.15, 0.2) is 11.4 Å². The fourth-order valence-electron chi connectivity index (χ4n) is 3.10. The molecule has 1 aliphatic rings. The monoisotopic (exact) mass is 313 g/mol. The summed E-state index contributed by atoms with van der Waals surface area (Å²) in [7, 11) is 0. The lowest BCUT2D eigenvalue weighted by Gasteiger charge is -2.31. The highest BCUT2D eigenvalue weighted by Crippen LogP contribution is 2.24. The molecule has 0 bridgehead atoms. The predicted octanol–water partition coefficient (Wildman–Crippen LogP) is 1.19. The molecule has 0 aliphatic carbocycles. The van der Waals surface area contributed by atoms with Crippen LogP contribution >= 0.6 is 0 Å². The van der Waals surface area contributed by atoms with Crippen LogP contribution in [0.3, 0.4) is 0 Å². The van der Waals surface area contributed by atoms with E-state index in [1.54, 1.807) is 27.8 Å². The minimum atomic E-state index is -0.184. The van der Waals surface area contributed by atoms with Crippen LogP contribution in [0.2, 0.25) is 0 Å². The Morgan fingerprint density at radius 1 is 1.35 bits per heavy atom. The second-order valence-corrected chi connectivity index (χ2v) is 5.56. The Morgan fingerprint density at radius 3 is 2.91 bits per heavy atom. The zero-order valence-electron chi connectivity index (χ0n) is 12.3. The Bertz CT molecular complexity index is 887. The van der Waals surface area contributed by atoms with Gasteiger partial charge in [-0.2, -0.15) is 0 Å². The van der Waals surface area contributed by atoms with Gasteiger partial charge in [-0.15, -0.1) is 0 Å². The van der Waals surface area contributed by atoms with Gasteiger partial charge in [0.1, 0.15) is 11.8 Å². The minimum Gasteiger partial charge on any atom is -0.459 e. The summed E-state index contributed by atoms with van der Waals surface area (Å²) in [6.07, 6.45) is 5.91. The molecule has 4 heterocycles. The van der Waals surface area contributed by atoms with Crippen LogP contribution in [0.4, 0.5) is 0 Å². The smallest absolute Gasteiger partial charge is 0.327 e. The lowest BCUT2D eigenvalue weighted by Crippen LogP contribution is -2.40. The van der Waals surface area contributed by atoms with E-state index in [2.05, 4.69) is 15.0 Å². The number of nitrogens with one attached hydrogen (secondary N) is 1. The quantitative estimate of drug-likeness (QED) is 0.766. The summed E-state index contributed by atoms with van der Waals surface area (Å²) in [5.74, 6) is 0.238. The van der Waals surface area contributed by atoms with E-state index in [0.717, 1.165) is 0 Å². The number of rotatable bonds is 2. The fourth-order valence-corrected chi connectivity index (χ4v) is 3.10. The van der Waals surface area contributed by atoms with Crippen molar-refractivity contribution in [1.82, 2.24) is 24.4 Å². The van der Waals surface area contributed by atoms with Gasteiger partial charge >= 0.3 is 5.69 Å². The van der Waals surface area contributed by atoms with Gasteiger partial charge in [0.2, 0.25) is 0 Å². The molecule has 4 rings (SSSR count). The molecule has 3 aromatic heterocycles.